The number of halogens is 2. The number of urea groups is 1. The average molecular weight is 418 g/mol. The molecule has 1 aliphatic heterocycles. The van der Waals surface area contributed by atoms with Gasteiger partial charge in [-0.25, -0.2) is 9.18 Å². The van der Waals surface area contributed by atoms with Crippen LogP contribution in [0.5, 0.6) is 0 Å². The fourth-order valence-corrected chi connectivity index (χ4v) is 3.59. The molecule has 0 unspecified atom stereocenters. The van der Waals surface area contributed by atoms with E-state index in [2.05, 4.69) is 10.6 Å². The fourth-order valence-electron chi connectivity index (χ4n) is 3.38. The van der Waals surface area contributed by atoms with Gasteiger partial charge in [0.05, 0.1) is 0 Å². The van der Waals surface area contributed by atoms with E-state index in [0.717, 1.165) is 10.5 Å². The highest BCUT2D eigenvalue weighted by atomic mass is 35.5. The third-order valence-electron chi connectivity index (χ3n) is 4.97. The number of carbonyl (C=O) groups is 3. The Morgan fingerprint density at radius 3 is 2.59 bits per heavy atom. The Balaban J connectivity index is 1.63. The molecule has 1 heterocycles. The smallest absolute Gasteiger partial charge is 0.325 e. The Kier molecular flexibility index (Phi) is 6.17. The van der Waals surface area contributed by atoms with Crippen molar-refractivity contribution in [3.8, 4) is 0 Å². The molecule has 0 saturated carbocycles. The Hall–Kier alpha value is -2.93. The number of benzene rings is 2. The molecule has 0 aliphatic carbocycles. The van der Waals surface area contributed by atoms with Crippen molar-refractivity contribution in [1.29, 1.82) is 0 Å². The molecule has 4 amide bonds. The van der Waals surface area contributed by atoms with Crippen LogP contribution in [-0.2, 0) is 21.5 Å². The topological polar surface area (TPSA) is 78.5 Å². The molecule has 1 aliphatic rings. The number of hydrogen-bond donors (Lipinski definition) is 2. The number of carbonyl (C=O) groups excluding carboxylic acids is 3. The summed E-state index contributed by atoms with van der Waals surface area (Å²) in [5.74, 6) is -1.41. The summed E-state index contributed by atoms with van der Waals surface area (Å²) in [6, 6.07) is 12.0. The molecule has 6 nitrogen and oxygen atoms in total. The molecule has 1 fully saturated rings. The zero-order valence-electron chi connectivity index (χ0n) is 15.9. The first-order valence-electron chi connectivity index (χ1n) is 9.27. The number of nitrogens with zero attached hydrogens (tertiary/aromatic N) is 1. The number of imide groups is 1. The second kappa shape index (κ2) is 8.61. The summed E-state index contributed by atoms with van der Waals surface area (Å²) in [5.41, 5.74) is 0.143. The molecule has 2 aromatic rings. The van der Waals surface area contributed by atoms with E-state index in [4.69, 9.17) is 11.6 Å². The fraction of sp³-hybridized carbons (Fsp3) is 0.286. The molecule has 29 heavy (non-hydrogen) atoms. The summed E-state index contributed by atoms with van der Waals surface area (Å²) in [4.78, 5) is 38.5. The van der Waals surface area contributed by atoms with E-state index in [1.54, 1.807) is 13.0 Å². The molecule has 0 spiro atoms. The minimum atomic E-state index is -1.30. The van der Waals surface area contributed by atoms with Crippen molar-refractivity contribution in [1.82, 2.24) is 15.5 Å². The number of hydrogen-bond acceptors (Lipinski definition) is 3. The largest absolute Gasteiger partial charge is 0.354 e. The van der Waals surface area contributed by atoms with Crippen LogP contribution < -0.4 is 10.6 Å². The highest BCUT2D eigenvalue weighted by molar-refractivity contribution is 6.30. The molecule has 8 heteroatoms. The van der Waals surface area contributed by atoms with Crippen LogP contribution >= 0.6 is 11.6 Å². The van der Waals surface area contributed by atoms with E-state index >= 15 is 0 Å². The molecular weight excluding hydrogens is 397 g/mol. The zero-order valence-corrected chi connectivity index (χ0v) is 16.6. The minimum absolute atomic E-state index is 0.274. The molecule has 152 valence electrons. The Morgan fingerprint density at radius 2 is 1.93 bits per heavy atom. The van der Waals surface area contributed by atoms with Crippen molar-refractivity contribution < 1.29 is 18.8 Å². The molecule has 1 atom stereocenters. The van der Waals surface area contributed by atoms with Crippen LogP contribution in [0.25, 0.3) is 0 Å². The predicted octanol–water partition coefficient (Wildman–Crippen LogP) is 3.00. The van der Waals surface area contributed by atoms with E-state index in [9.17, 15) is 18.8 Å². The number of nitrogens with one attached hydrogen (secondary N) is 2. The van der Waals surface area contributed by atoms with Gasteiger partial charge in [-0.15, -0.1) is 0 Å². The van der Waals surface area contributed by atoms with Crippen molar-refractivity contribution in [3.05, 3.63) is 70.5 Å². The second-order valence-corrected chi connectivity index (χ2v) is 7.25. The van der Waals surface area contributed by atoms with Gasteiger partial charge in [-0.1, -0.05) is 42.8 Å². The Morgan fingerprint density at radius 1 is 1.21 bits per heavy atom. The first-order chi connectivity index (χ1) is 13.9. The Labute approximate surface area is 173 Å². The maximum atomic E-state index is 13.2. The maximum absolute atomic E-state index is 13.2. The van der Waals surface area contributed by atoms with E-state index in [1.165, 1.54) is 24.3 Å². The summed E-state index contributed by atoms with van der Waals surface area (Å²) in [6.45, 7) is 1.71. The minimum Gasteiger partial charge on any atom is -0.354 e. The van der Waals surface area contributed by atoms with Crippen molar-refractivity contribution in [3.63, 3.8) is 0 Å². The first-order valence-corrected chi connectivity index (χ1v) is 9.65. The van der Waals surface area contributed by atoms with Gasteiger partial charge in [-0.3, -0.25) is 14.5 Å². The van der Waals surface area contributed by atoms with Crippen LogP contribution in [-0.4, -0.2) is 35.8 Å². The first kappa shape index (κ1) is 20.8. The molecule has 0 bridgehead atoms. The lowest BCUT2D eigenvalue weighted by Crippen LogP contribution is -2.45. The van der Waals surface area contributed by atoms with Crippen molar-refractivity contribution >= 4 is 29.4 Å². The van der Waals surface area contributed by atoms with Gasteiger partial charge >= 0.3 is 6.03 Å². The van der Waals surface area contributed by atoms with E-state index in [-0.39, 0.29) is 13.0 Å². The van der Waals surface area contributed by atoms with Crippen molar-refractivity contribution in [2.75, 3.05) is 13.1 Å². The van der Waals surface area contributed by atoms with Crippen LogP contribution in [0.3, 0.4) is 0 Å². The quantitative estimate of drug-likeness (QED) is 0.680. The lowest BCUT2D eigenvalue weighted by Gasteiger charge is -2.25. The average Bonchev–Trinajstić information content (AvgIpc) is 2.94. The Bertz CT molecular complexity index is 935. The summed E-state index contributed by atoms with van der Waals surface area (Å²) in [7, 11) is 0. The van der Waals surface area contributed by atoms with Crippen molar-refractivity contribution in [2.45, 2.75) is 25.3 Å². The molecular formula is C21H21ClFN3O3. The maximum Gasteiger partial charge on any atom is 0.325 e. The SMILES string of the molecule is CC[C@@]1(c2ccc(F)cc2)NC(=O)N(CC(=O)NCCc2cccc(Cl)c2)C1=O. The lowest BCUT2D eigenvalue weighted by atomic mass is 9.87. The molecule has 2 N–H and O–H groups in total. The third-order valence-corrected chi connectivity index (χ3v) is 5.20. The van der Waals surface area contributed by atoms with Gasteiger partial charge in [0, 0.05) is 11.6 Å². The standard InChI is InChI=1S/C21H21ClFN3O3/c1-2-21(15-6-8-17(23)9-7-15)19(28)26(20(29)25-21)13-18(27)24-11-10-14-4-3-5-16(22)12-14/h3-9,12H,2,10-11,13H2,1H3,(H,24,27)(H,25,29)/t21-/m0/s1. The molecule has 2 aromatic carbocycles. The van der Waals surface area contributed by atoms with Gasteiger partial charge in [-0.2, -0.15) is 0 Å². The van der Waals surface area contributed by atoms with E-state index < -0.39 is 29.2 Å². The van der Waals surface area contributed by atoms with E-state index in [1.807, 2.05) is 18.2 Å². The summed E-state index contributed by atoms with van der Waals surface area (Å²) in [6.07, 6.45) is 0.844. The molecule has 0 radical (unpaired) electrons. The van der Waals surface area contributed by atoms with Gasteiger partial charge < -0.3 is 10.6 Å². The van der Waals surface area contributed by atoms with Crippen molar-refractivity contribution in [2.24, 2.45) is 0 Å². The number of rotatable bonds is 7. The monoisotopic (exact) mass is 417 g/mol. The van der Waals surface area contributed by atoms with Crippen LogP contribution in [0.4, 0.5) is 9.18 Å². The predicted molar refractivity (Wildman–Crippen MR) is 107 cm³/mol. The van der Waals surface area contributed by atoms with Gasteiger partial charge in [0.2, 0.25) is 5.91 Å². The van der Waals surface area contributed by atoms with Gasteiger partial charge in [0.1, 0.15) is 17.9 Å². The highest BCUT2D eigenvalue weighted by Gasteiger charge is 2.51. The van der Waals surface area contributed by atoms with Crippen LogP contribution in [0.1, 0.15) is 24.5 Å². The van der Waals surface area contributed by atoms with Crippen LogP contribution in [0, 0.1) is 5.82 Å². The van der Waals surface area contributed by atoms with E-state index in [0.29, 0.717) is 23.6 Å². The van der Waals surface area contributed by atoms with Crippen LogP contribution in [0.15, 0.2) is 48.5 Å². The summed E-state index contributed by atoms with van der Waals surface area (Å²) in [5, 5.41) is 5.99. The van der Waals surface area contributed by atoms with Crippen LogP contribution in [0.2, 0.25) is 5.02 Å². The second-order valence-electron chi connectivity index (χ2n) is 6.82. The zero-order chi connectivity index (χ0) is 21.0. The summed E-state index contributed by atoms with van der Waals surface area (Å²) < 4.78 is 13.2. The summed E-state index contributed by atoms with van der Waals surface area (Å²) >= 11 is 5.93. The normalized spacial score (nSPS) is 18.7. The lowest BCUT2D eigenvalue weighted by molar-refractivity contribution is -0.135. The van der Waals surface area contributed by atoms with Gasteiger partial charge in [0.15, 0.2) is 0 Å². The van der Waals surface area contributed by atoms with Gasteiger partial charge in [0.25, 0.3) is 5.91 Å². The van der Waals surface area contributed by atoms with Gasteiger partial charge in [-0.05, 0) is 48.2 Å². The molecule has 3 rings (SSSR count). The molecule has 0 aromatic heterocycles. The number of amides is 4. The third kappa shape index (κ3) is 4.40. The molecule has 1 saturated heterocycles. The highest BCUT2D eigenvalue weighted by Crippen LogP contribution is 2.32.